The van der Waals surface area contributed by atoms with E-state index >= 15 is 4.79 Å². The number of rotatable bonds is 22. The van der Waals surface area contributed by atoms with E-state index in [0.717, 1.165) is 57.2 Å². The summed E-state index contributed by atoms with van der Waals surface area (Å²) in [4.78, 5) is 55.5. The lowest BCUT2D eigenvalue weighted by Crippen LogP contribution is -2.54. The SMILES string of the molecule is CCC(C)(C)Oc1c(C)cc(C(C)(CC(C)C)c2cc(C)c(OC(=O)c3cccc(C(=O)C(CC)(CC)C(C)(CC)Oc4ccc5ccc(OC(=O)c6ccc(C(=O)C(C)(C)CC)cc6)cc5c4)c3)c(C)c2)cc1C. The molecule has 0 spiro atoms. The zero-order valence-corrected chi connectivity index (χ0v) is 48.0. The van der Waals surface area contributed by atoms with E-state index in [2.05, 4.69) is 79.7 Å². The van der Waals surface area contributed by atoms with Crippen LogP contribution >= 0.6 is 0 Å². The average molecular weight is 1020 g/mol. The summed E-state index contributed by atoms with van der Waals surface area (Å²) in [7, 11) is 0. The molecule has 0 aromatic heterocycles. The van der Waals surface area contributed by atoms with Crippen molar-refractivity contribution < 1.29 is 38.1 Å². The van der Waals surface area contributed by atoms with Gasteiger partial charge in [0, 0.05) is 22.0 Å². The fraction of sp³-hybridized carbons (Fsp3) is 0.433. The number of hydrogen-bond acceptors (Lipinski definition) is 8. The van der Waals surface area contributed by atoms with Gasteiger partial charge >= 0.3 is 11.9 Å². The summed E-state index contributed by atoms with van der Waals surface area (Å²) in [6.45, 7) is 35.3. The van der Waals surface area contributed by atoms with Crippen LogP contribution in [0, 0.1) is 44.4 Å². The number of hydrogen-bond donors (Lipinski definition) is 0. The third-order valence-electron chi connectivity index (χ3n) is 16.3. The Morgan fingerprint density at radius 1 is 0.467 bits per heavy atom. The molecular weight excluding hydrogens is 933 g/mol. The highest BCUT2D eigenvalue weighted by Gasteiger charge is 2.52. The van der Waals surface area contributed by atoms with Crippen molar-refractivity contribution in [3.8, 4) is 23.0 Å². The maximum Gasteiger partial charge on any atom is 0.343 e. The number of aryl methyl sites for hydroxylation is 4. The Labute approximate surface area is 447 Å². The number of carbonyl (C=O) groups excluding carboxylic acids is 4. The zero-order valence-electron chi connectivity index (χ0n) is 48.0. The van der Waals surface area contributed by atoms with Crippen molar-refractivity contribution in [2.45, 2.75) is 173 Å². The van der Waals surface area contributed by atoms with Crippen LogP contribution < -0.4 is 18.9 Å². The number of esters is 2. The van der Waals surface area contributed by atoms with Gasteiger partial charge in [-0.1, -0.05) is 130 Å². The number of carbonyl (C=O) groups is 4. The predicted octanol–water partition coefficient (Wildman–Crippen LogP) is 17.3. The zero-order chi connectivity index (χ0) is 55.4. The number of fused-ring (bicyclic) bond motifs is 1. The predicted molar refractivity (Wildman–Crippen MR) is 305 cm³/mol. The Morgan fingerprint density at radius 3 is 1.49 bits per heavy atom. The van der Waals surface area contributed by atoms with Gasteiger partial charge in [0.1, 0.15) is 34.2 Å². The van der Waals surface area contributed by atoms with Crippen LogP contribution in [0.25, 0.3) is 10.8 Å². The van der Waals surface area contributed by atoms with Gasteiger partial charge in [0.15, 0.2) is 11.6 Å². The van der Waals surface area contributed by atoms with Gasteiger partial charge in [0.2, 0.25) is 0 Å². The van der Waals surface area contributed by atoms with E-state index in [1.807, 2.05) is 86.6 Å². The number of benzene rings is 6. The fourth-order valence-electron chi connectivity index (χ4n) is 10.8. The first-order valence-electron chi connectivity index (χ1n) is 27.1. The highest BCUT2D eigenvalue weighted by Crippen LogP contribution is 2.47. The molecule has 0 saturated heterocycles. The lowest BCUT2D eigenvalue weighted by molar-refractivity contribution is -0.0385. The Bertz CT molecular complexity index is 3030. The first-order chi connectivity index (χ1) is 35.2. The molecular formula is C67H82O8. The van der Waals surface area contributed by atoms with E-state index in [1.54, 1.807) is 60.7 Å². The van der Waals surface area contributed by atoms with E-state index in [-0.39, 0.29) is 28.1 Å². The molecule has 0 aliphatic carbocycles. The molecule has 2 atom stereocenters. The van der Waals surface area contributed by atoms with E-state index in [9.17, 15) is 14.4 Å². The third kappa shape index (κ3) is 12.1. The smallest absolute Gasteiger partial charge is 0.343 e. The van der Waals surface area contributed by atoms with Crippen molar-refractivity contribution in [2.75, 3.05) is 0 Å². The van der Waals surface area contributed by atoms with Crippen LogP contribution in [0.3, 0.4) is 0 Å². The topological polar surface area (TPSA) is 105 Å². The first-order valence-corrected chi connectivity index (χ1v) is 27.1. The minimum atomic E-state index is -0.981. The molecule has 75 heavy (non-hydrogen) atoms. The maximum absolute atomic E-state index is 15.1. The number of ketones is 2. The Kier molecular flexibility index (Phi) is 17.5. The molecule has 0 bridgehead atoms. The van der Waals surface area contributed by atoms with Crippen LogP contribution in [-0.2, 0) is 5.41 Å². The van der Waals surface area contributed by atoms with Crippen molar-refractivity contribution in [1.29, 1.82) is 0 Å². The van der Waals surface area contributed by atoms with Gasteiger partial charge in [-0.3, -0.25) is 9.59 Å². The molecule has 398 valence electrons. The molecule has 6 rings (SSSR count). The summed E-state index contributed by atoms with van der Waals surface area (Å²) in [5.41, 5.74) is 4.79. The Balaban J connectivity index is 1.23. The maximum atomic E-state index is 15.1. The van der Waals surface area contributed by atoms with Gasteiger partial charge in [-0.25, -0.2) is 9.59 Å². The van der Waals surface area contributed by atoms with Crippen molar-refractivity contribution in [2.24, 2.45) is 16.7 Å². The summed E-state index contributed by atoms with van der Waals surface area (Å²) in [5, 5.41) is 1.70. The number of Topliss-reactive ketones (excluding diaryl/α,β-unsaturated/α-hetero) is 2. The normalized spacial score (nSPS) is 13.7. The molecule has 8 heteroatoms. The highest BCUT2D eigenvalue weighted by atomic mass is 16.5. The molecule has 0 aliphatic heterocycles. The van der Waals surface area contributed by atoms with Crippen LogP contribution in [0.1, 0.15) is 203 Å². The summed E-state index contributed by atoms with van der Waals surface area (Å²) in [6.07, 6.45) is 3.99. The Hall–Kier alpha value is -6.54. The second kappa shape index (κ2) is 22.7. The molecule has 2 unspecified atom stereocenters. The quantitative estimate of drug-likeness (QED) is 0.0376. The van der Waals surface area contributed by atoms with Gasteiger partial charge in [-0.05, 0) is 186 Å². The van der Waals surface area contributed by atoms with Crippen molar-refractivity contribution in [3.05, 3.63) is 165 Å². The molecule has 8 nitrogen and oxygen atoms in total. The minimum absolute atomic E-state index is 0.0259. The molecule has 0 fully saturated rings. The van der Waals surface area contributed by atoms with E-state index in [1.165, 1.54) is 5.56 Å². The van der Waals surface area contributed by atoms with Crippen LogP contribution in [0.5, 0.6) is 23.0 Å². The number of ether oxygens (including phenoxy) is 4. The standard InChI is InChI=1S/C67H82O8/c1-18-63(12,13)59(68)48-26-28-49(29-27-48)61(70)72-55-32-30-47-31-33-56(40-52(47)39-55)74-66(17,20-3)67(21-4,22-5)60(69)50-24-23-25-51(38-50)62(71)73-57-43(8)34-53(35-44(57)9)65(16,41-42(6)7)54-36-45(10)58(46(11)37-54)75-64(14,15)19-2/h23-40,42H,18-22,41H2,1-17H3. The van der Waals surface area contributed by atoms with Gasteiger partial charge in [-0.2, -0.15) is 0 Å². The first kappa shape index (κ1) is 57.7. The van der Waals surface area contributed by atoms with Gasteiger partial charge < -0.3 is 18.9 Å². The molecule has 0 amide bonds. The lowest BCUT2D eigenvalue weighted by atomic mass is 9.63. The van der Waals surface area contributed by atoms with Crippen molar-refractivity contribution in [3.63, 3.8) is 0 Å². The van der Waals surface area contributed by atoms with E-state index in [4.69, 9.17) is 18.9 Å². The van der Waals surface area contributed by atoms with Crippen molar-refractivity contribution in [1.82, 2.24) is 0 Å². The lowest BCUT2D eigenvalue weighted by Gasteiger charge is -2.46. The van der Waals surface area contributed by atoms with Crippen LogP contribution in [0.15, 0.2) is 109 Å². The molecule has 6 aromatic rings. The second-order valence-electron chi connectivity index (χ2n) is 23.0. The third-order valence-corrected chi connectivity index (χ3v) is 16.3. The molecule has 0 saturated carbocycles. The van der Waals surface area contributed by atoms with E-state index in [0.29, 0.717) is 65.5 Å². The van der Waals surface area contributed by atoms with Gasteiger partial charge in [-0.15, -0.1) is 0 Å². The summed E-state index contributed by atoms with van der Waals surface area (Å²) in [6, 6.07) is 33.5. The summed E-state index contributed by atoms with van der Waals surface area (Å²) in [5.74, 6) is 1.60. The van der Waals surface area contributed by atoms with Crippen molar-refractivity contribution >= 4 is 34.3 Å². The van der Waals surface area contributed by atoms with E-state index < -0.39 is 28.4 Å². The largest absolute Gasteiger partial charge is 0.487 e. The second-order valence-corrected chi connectivity index (χ2v) is 23.0. The molecule has 0 heterocycles. The summed E-state index contributed by atoms with van der Waals surface area (Å²) >= 11 is 0. The Morgan fingerprint density at radius 2 is 0.973 bits per heavy atom. The summed E-state index contributed by atoms with van der Waals surface area (Å²) < 4.78 is 25.6. The van der Waals surface area contributed by atoms with Crippen LogP contribution in [0.4, 0.5) is 0 Å². The monoisotopic (exact) mass is 1010 g/mol. The molecule has 0 N–H and O–H groups in total. The molecule has 6 aromatic carbocycles. The van der Waals surface area contributed by atoms with Gasteiger partial charge in [0.05, 0.1) is 16.5 Å². The highest BCUT2D eigenvalue weighted by molar-refractivity contribution is 6.04. The fourth-order valence-corrected chi connectivity index (χ4v) is 10.8. The van der Waals surface area contributed by atoms with Crippen LogP contribution in [0.2, 0.25) is 0 Å². The molecule has 0 aliphatic rings. The average Bonchev–Trinajstić information content (AvgIpc) is 3.38. The van der Waals surface area contributed by atoms with Crippen LogP contribution in [-0.4, -0.2) is 34.7 Å². The molecule has 0 radical (unpaired) electrons. The van der Waals surface area contributed by atoms with Gasteiger partial charge in [0.25, 0.3) is 0 Å². The minimum Gasteiger partial charge on any atom is -0.487 e.